The van der Waals surface area contributed by atoms with Crippen molar-refractivity contribution in [3.05, 3.63) is 60.2 Å². The van der Waals surface area contributed by atoms with Crippen molar-refractivity contribution in [1.82, 2.24) is 0 Å². The predicted molar refractivity (Wildman–Crippen MR) is 121 cm³/mol. The lowest BCUT2D eigenvalue weighted by Gasteiger charge is -2.29. The number of carbonyl (C=O) groups is 1. The van der Waals surface area contributed by atoms with Crippen molar-refractivity contribution in [3.8, 4) is 11.5 Å². The van der Waals surface area contributed by atoms with Gasteiger partial charge in [0.1, 0.15) is 17.1 Å². The molecule has 1 aliphatic rings. The molecule has 2 aromatic rings. The normalized spacial score (nSPS) is 18.6. The number of aliphatic hydroxyl groups is 1. The first-order valence-corrected chi connectivity index (χ1v) is 11.3. The number of carbonyl (C=O) groups excluding carboxylic acids is 1. The van der Waals surface area contributed by atoms with Crippen molar-refractivity contribution in [2.45, 2.75) is 77.0 Å². The van der Waals surface area contributed by atoms with Gasteiger partial charge in [-0.1, -0.05) is 30.3 Å². The highest BCUT2D eigenvalue weighted by molar-refractivity contribution is 5.70. The highest BCUT2D eigenvalue weighted by Crippen LogP contribution is 2.31. The molecule has 1 fully saturated rings. The molecule has 0 aromatic heterocycles. The van der Waals surface area contributed by atoms with Gasteiger partial charge in [0.2, 0.25) is 0 Å². The Bertz CT molecular complexity index is 822. The van der Waals surface area contributed by atoms with Crippen LogP contribution in [-0.2, 0) is 19.0 Å². The Morgan fingerprint density at radius 2 is 1.75 bits per heavy atom. The van der Waals surface area contributed by atoms with Crippen molar-refractivity contribution in [2.24, 2.45) is 0 Å². The smallest absolute Gasteiger partial charge is 0.308 e. The van der Waals surface area contributed by atoms with E-state index in [0.29, 0.717) is 12.4 Å². The summed E-state index contributed by atoms with van der Waals surface area (Å²) in [6.45, 7) is 6.09. The summed E-state index contributed by atoms with van der Waals surface area (Å²) in [7, 11) is 0. The topological polar surface area (TPSA) is 74.2 Å². The van der Waals surface area contributed by atoms with Gasteiger partial charge in [-0.2, -0.15) is 0 Å². The zero-order valence-electron chi connectivity index (χ0n) is 19.2. The third kappa shape index (κ3) is 8.26. The second-order valence-electron chi connectivity index (χ2n) is 9.09. The van der Waals surface area contributed by atoms with E-state index in [0.717, 1.165) is 30.6 Å². The Morgan fingerprint density at radius 1 is 1.06 bits per heavy atom. The number of hydrogen-bond donors (Lipinski definition) is 1. The average Bonchev–Trinajstić information content (AvgIpc) is 2.74. The van der Waals surface area contributed by atoms with Crippen molar-refractivity contribution < 1.29 is 28.8 Å². The van der Waals surface area contributed by atoms with E-state index in [2.05, 4.69) is 0 Å². The van der Waals surface area contributed by atoms with Gasteiger partial charge in [0.15, 0.2) is 6.29 Å². The minimum absolute atomic E-state index is 0.0855. The van der Waals surface area contributed by atoms with Crippen LogP contribution in [0.1, 0.15) is 64.5 Å². The van der Waals surface area contributed by atoms with Gasteiger partial charge in [-0.05, 0) is 69.9 Å². The van der Waals surface area contributed by atoms with Gasteiger partial charge in [0.25, 0.3) is 0 Å². The number of para-hydroxylation sites is 1. The van der Waals surface area contributed by atoms with Crippen molar-refractivity contribution >= 4 is 5.97 Å². The Morgan fingerprint density at radius 3 is 2.38 bits per heavy atom. The van der Waals surface area contributed by atoms with Gasteiger partial charge >= 0.3 is 5.97 Å². The highest BCUT2D eigenvalue weighted by atomic mass is 16.7. The molecule has 3 rings (SSSR count). The summed E-state index contributed by atoms with van der Waals surface area (Å²) in [6, 6.07) is 17.2. The van der Waals surface area contributed by atoms with E-state index in [1.165, 1.54) is 0 Å². The van der Waals surface area contributed by atoms with E-state index in [1.807, 2.05) is 75.4 Å². The van der Waals surface area contributed by atoms with Crippen LogP contribution in [0.2, 0.25) is 0 Å². The number of rotatable bonds is 9. The maximum Gasteiger partial charge on any atom is 0.308 e. The summed E-state index contributed by atoms with van der Waals surface area (Å²) in [4.78, 5) is 12.1. The van der Waals surface area contributed by atoms with E-state index >= 15 is 0 Å². The van der Waals surface area contributed by atoms with Crippen molar-refractivity contribution in [2.75, 3.05) is 6.61 Å². The van der Waals surface area contributed by atoms with Crippen LogP contribution in [0.15, 0.2) is 54.6 Å². The molecule has 0 spiro atoms. The predicted octanol–water partition coefficient (Wildman–Crippen LogP) is 5.55. The summed E-state index contributed by atoms with van der Waals surface area (Å²) in [5, 5.41) is 10.6. The molecule has 2 aromatic carbocycles. The van der Waals surface area contributed by atoms with E-state index in [4.69, 9.17) is 18.9 Å². The fourth-order valence-electron chi connectivity index (χ4n) is 3.55. The maximum absolute atomic E-state index is 12.1. The fourth-order valence-corrected chi connectivity index (χ4v) is 3.55. The summed E-state index contributed by atoms with van der Waals surface area (Å²) in [5.41, 5.74) is 0.305. The molecule has 1 N–H and O–H groups in total. The van der Waals surface area contributed by atoms with E-state index < -0.39 is 23.8 Å². The van der Waals surface area contributed by atoms with Crippen LogP contribution in [0.25, 0.3) is 0 Å². The molecule has 3 atom stereocenters. The Labute approximate surface area is 190 Å². The molecular weight excluding hydrogens is 408 g/mol. The van der Waals surface area contributed by atoms with Crippen LogP contribution in [0.3, 0.4) is 0 Å². The first-order chi connectivity index (χ1) is 15.3. The van der Waals surface area contributed by atoms with Gasteiger partial charge in [-0.25, -0.2) is 0 Å². The van der Waals surface area contributed by atoms with Gasteiger partial charge in [-0.3, -0.25) is 4.79 Å². The van der Waals surface area contributed by atoms with Crippen LogP contribution in [0.5, 0.6) is 11.5 Å². The number of esters is 1. The molecule has 1 heterocycles. The van der Waals surface area contributed by atoms with Crippen molar-refractivity contribution in [3.63, 3.8) is 0 Å². The summed E-state index contributed by atoms with van der Waals surface area (Å²) in [5.74, 6) is 1.04. The highest BCUT2D eigenvalue weighted by Gasteiger charge is 2.26. The van der Waals surface area contributed by atoms with Gasteiger partial charge in [-0.15, -0.1) is 0 Å². The molecule has 0 radical (unpaired) electrons. The quantitative estimate of drug-likeness (QED) is 0.514. The molecule has 6 heteroatoms. The Balaban J connectivity index is 1.66. The van der Waals surface area contributed by atoms with Gasteiger partial charge < -0.3 is 24.1 Å². The molecule has 0 amide bonds. The maximum atomic E-state index is 12.1. The molecule has 6 nitrogen and oxygen atoms in total. The van der Waals surface area contributed by atoms with Crippen molar-refractivity contribution in [1.29, 1.82) is 0 Å². The molecule has 174 valence electrons. The first-order valence-electron chi connectivity index (χ1n) is 11.3. The number of benzene rings is 2. The van der Waals surface area contributed by atoms with E-state index in [1.54, 1.807) is 0 Å². The van der Waals surface area contributed by atoms with Gasteiger partial charge in [0, 0.05) is 13.0 Å². The zero-order chi connectivity index (χ0) is 23.0. The number of hydrogen-bond acceptors (Lipinski definition) is 6. The summed E-state index contributed by atoms with van der Waals surface area (Å²) < 4.78 is 23.2. The minimum atomic E-state index is -0.890. The SMILES string of the molecule is CC(C)(C)OC(=O)C[C@@H](O)C[C@H](OC1CCCCO1)c1ccc(Oc2ccccc2)cc1. The van der Waals surface area contributed by atoms with Crippen LogP contribution < -0.4 is 4.74 Å². The van der Waals surface area contributed by atoms with E-state index in [-0.39, 0.29) is 19.1 Å². The van der Waals surface area contributed by atoms with Crippen LogP contribution in [0.4, 0.5) is 0 Å². The molecule has 1 unspecified atom stereocenters. The zero-order valence-corrected chi connectivity index (χ0v) is 19.2. The molecule has 0 aliphatic carbocycles. The standard InChI is InChI=1S/C26H34O6/c1-26(2,3)32-24(28)18-20(27)17-23(31-25-11-7-8-16-29-25)19-12-14-22(15-13-19)30-21-9-5-4-6-10-21/h4-6,9-10,12-15,20,23,25,27H,7-8,11,16-18H2,1-3H3/t20-,23-,25?/m0/s1. The largest absolute Gasteiger partial charge is 0.460 e. The first kappa shape index (κ1) is 24.2. The second kappa shape index (κ2) is 11.5. The molecular formula is C26H34O6. The lowest BCUT2D eigenvalue weighted by molar-refractivity contribution is -0.195. The summed E-state index contributed by atoms with van der Waals surface area (Å²) in [6.07, 6.45) is 1.44. The van der Waals surface area contributed by atoms with Gasteiger partial charge in [0.05, 0.1) is 18.6 Å². The monoisotopic (exact) mass is 442 g/mol. The molecule has 1 saturated heterocycles. The number of aliphatic hydroxyl groups excluding tert-OH is 1. The third-order valence-electron chi connectivity index (χ3n) is 4.99. The van der Waals surface area contributed by atoms with Crippen LogP contribution in [0, 0.1) is 0 Å². The average molecular weight is 443 g/mol. The van der Waals surface area contributed by atoms with E-state index in [9.17, 15) is 9.90 Å². The second-order valence-corrected chi connectivity index (χ2v) is 9.09. The van der Waals surface area contributed by atoms with Crippen LogP contribution in [-0.4, -0.2) is 35.7 Å². The fraction of sp³-hybridized carbons (Fsp3) is 0.500. The minimum Gasteiger partial charge on any atom is -0.460 e. The lowest BCUT2D eigenvalue weighted by atomic mass is 10.0. The molecule has 32 heavy (non-hydrogen) atoms. The lowest BCUT2D eigenvalue weighted by Crippen LogP contribution is -2.29. The third-order valence-corrected chi connectivity index (χ3v) is 4.99. The number of ether oxygens (including phenoxy) is 4. The van der Waals surface area contributed by atoms with Crippen LogP contribution >= 0.6 is 0 Å². The molecule has 1 aliphatic heterocycles. The Kier molecular flexibility index (Phi) is 8.67. The summed E-state index contributed by atoms with van der Waals surface area (Å²) >= 11 is 0. The molecule has 0 saturated carbocycles. The Hall–Kier alpha value is -2.41. The molecule has 0 bridgehead atoms.